The Hall–Kier alpha value is -3.21. The number of para-hydroxylation sites is 1. The third kappa shape index (κ3) is 4.50. The number of carbonyl (C=O) groups is 1. The number of aromatic nitrogens is 2. The van der Waals surface area contributed by atoms with Gasteiger partial charge in [0, 0.05) is 11.4 Å². The first kappa shape index (κ1) is 18.6. The highest BCUT2D eigenvalue weighted by molar-refractivity contribution is 6.03. The van der Waals surface area contributed by atoms with Crippen LogP contribution in [0, 0.1) is 13.8 Å². The molecule has 0 fully saturated rings. The van der Waals surface area contributed by atoms with Crippen molar-refractivity contribution in [2.45, 2.75) is 33.6 Å². The Kier molecular flexibility index (Phi) is 5.50. The summed E-state index contributed by atoms with van der Waals surface area (Å²) < 4.78 is 0. The molecule has 2 N–H and O–H groups in total. The van der Waals surface area contributed by atoms with Crippen molar-refractivity contribution in [3.8, 4) is 0 Å². The quantitative estimate of drug-likeness (QED) is 0.655. The monoisotopic (exact) mass is 360 g/mol. The van der Waals surface area contributed by atoms with E-state index < -0.39 is 0 Å². The van der Waals surface area contributed by atoms with Crippen molar-refractivity contribution in [2.24, 2.45) is 0 Å². The fourth-order valence-electron chi connectivity index (χ4n) is 2.90. The van der Waals surface area contributed by atoms with Crippen molar-refractivity contribution < 1.29 is 4.79 Å². The number of rotatable bonds is 5. The third-order valence-electron chi connectivity index (χ3n) is 4.36. The molecule has 0 saturated carbocycles. The van der Waals surface area contributed by atoms with Crippen molar-refractivity contribution in [3.63, 3.8) is 0 Å². The lowest BCUT2D eigenvalue weighted by Crippen LogP contribution is -2.15. The normalized spacial score (nSPS) is 10.7. The van der Waals surface area contributed by atoms with Gasteiger partial charge in [0.2, 0.25) is 0 Å². The predicted octanol–water partition coefficient (Wildman–Crippen LogP) is 5.21. The maximum atomic E-state index is 12.4. The number of anilines is 3. The number of carbonyl (C=O) groups excluding carboxylic acids is 1. The lowest BCUT2D eigenvalue weighted by atomic mass is 10.0. The van der Waals surface area contributed by atoms with Crippen LogP contribution in [0.4, 0.5) is 17.2 Å². The van der Waals surface area contributed by atoms with E-state index in [0.29, 0.717) is 11.7 Å². The molecule has 0 aliphatic heterocycles. The Morgan fingerprint density at radius 2 is 1.74 bits per heavy atom. The molecule has 5 nitrogen and oxygen atoms in total. The van der Waals surface area contributed by atoms with E-state index in [1.165, 1.54) is 11.8 Å². The lowest BCUT2D eigenvalue weighted by Gasteiger charge is -2.14. The van der Waals surface area contributed by atoms with Crippen LogP contribution >= 0.6 is 0 Å². The molecule has 0 radical (unpaired) electrons. The number of aryl methyl sites for hydroxylation is 2. The molecule has 1 amide bonds. The summed E-state index contributed by atoms with van der Waals surface area (Å²) in [6.07, 6.45) is 3.06. The topological polar surface area (TPSA) is 66.9 Å². The number of hydrogen-bond acceptors (Lipinski definition) is 4. The van der Waals surface area contributed by atoms with Crippen molar-refractivity contribution in [1.82, 2.24) is 9.97 Å². The zero-order valence-electron chi connectivity index (χ0n) is 16.1. The van der Waals surface area contributed by atoms with E-state index in [-0.39, 0.29) is 11.6 Å². The van der Waals surface area contributed by atoms with Crippen LogP contribution in [0.3, 0.4) is 0 Å². The van der Waals surface area contributed by atoms with Gasteiger partial charge in [0.1, 0.15) is 11.5 Å². The maximum Gasteiger partial charge on any atom is 0.275 e. The van der Waals surface area contributed by atoms with Crippen molar-refractivity contribution >= 4 is 23.1 Å². The SMILES string of the molecule is Cc1ccc(NC(=O)c2cnc(Nc3ccccc3C(C)C)cn2)c(C)c1. The Morgan fingerprint density at radius 3 is 2.41 bits per heavy atom. The first-order valence-corrected chi connectivity index (χ1v) is 9.00. The maximum absolute atomic E-state index is 12.4. The molecule has 0 aliphatic rings. The second kappa shape index (κ2) is 7.99. The Morgan fingerprint density at radius 1 is 0.963 bits per heavy atom. The highest BCUT2D eigenvalue weighted by atomic mass is 16.1. The van der Waals surface area contributed by atoms with Gasteiger partial charge in [-0.05, 0) is 43.0 Å². The van der Waals surface area contributed by atoms with Crippen LogP contribution in [-0.4, -0.2) is 15.9 Å². The van der Waals surface area contributed by atoms with Gasteiger partial charge >= 0.3 is 0 Å². The molecule has 0 bridgehead atoms. The zero-order valence-corrected chi connectivity index (χ0v) is 16.1. The molecule has 0 atom stereocenters. The van der Waals surface area contributed by atoms with Gasteiger partial charge in [0.15, 0.2) is 0 Å². The van der Waals surface area contributed by atoms with Crippen LogP contribution in [0.5, 0.6) is 0 Å². The van der Waals surface area contributed by atoms with E-state index >= 15 is 0 Å². The number of hydrogen-bond donors (Lipinski definition) is 2. The van der Waals surface area contributed by atoms with E-state index in [9.17, 15) is 4.79 Å². The van der Waals surface area contributed by atoms with Crippen LogP contribution in [-0.2, 0) is 0 Å². The number of nitrogens with one attached hydrogen (secondary N) is 2. The van der Waals surface area contributed by atoms with Crippen LogP contribution < -0.4 is 10.6 Å². The fraction of sp³-hybridized carbons (Fsp3) is 0.227. The fourth-order valence-corrected chi connectivity index (χ4v) is 2.90. The Bertz CT molecular complexity index is 949. The van der Waals surface area contributed by atoms with E-state index in [1.54, 1.807) is 6.20 Å². The highest BCUT2D eigenvalue weighted by Crippen LogP contribution is 2.26. The molecule has 3 rings (SSSR count). The van der Waals surface area contributed by atoms with Crippen molar-refractivity contribution in [2.75, 3.05) is 10.6 Å². The van der Waals surface area contributed by atoms with Gasteiger partial charge in [-0.25, -0.2) is 9.97 Å². The first-order chi connectivity index (χ1) is 12.9. The van der Waals surface area contributed by atoms with Gasteiger partial charge in [0.05, 0.1) is 12.4 Å². The van der Waals surface area contributed by atoms with Gasteiger partial charge in [-0.1, -0.05) is 49.7 Å². The van der Waals surface area contributed by atoms with Crippen molar-refractivity contribution in [1.29, 1.82) is 0 Å². The lowest BCUT2D eigenvalue weighted by molar-refractivity contribution is 0.102. The molecule has 0 spiro atoms. The summed E-state index contributed by atoms with van der Waals surface area (Å²) >= 11 is 0. The largest absolute Gasteiger partial charge is 0.339 e. The molecule has 1 aromatic heterocycles. The van der Waals surface area contributed by atoms with Gasteiger partial charge in [-0.3, -0.25) is 4.79 Å². The molecule has 0 saturated heterocycles. The molecule has 1 heterocycles. The average molecular weight is 360 g/mol. The van der Waals surface area contributed by atoms with Crippen LogP contribution in [0.1, 0.15) is 46.9 Å². The van der Waals surface area contributed by atoms with E-state index in [4.69, 9.17) is 0 Å². The minimum Gasteiger partial charge on any atom is -0.339 e. The second-order valence-corrected chi connectivity index (χ2v) is 6.93. The van der Waals surface area contributed by atoms with E-state index in [1.807, 2.05) is 50.2 Å². The standard InChI is InChI=1S/C22H24N4O/c1-14(2)17-7-5-6-8-19(17)25-21-13-23-20(12-24-21)22(27)26-18-10-9-15(3)11-16(18)4/h5-14H,1-4H3,(H,24,25)(H,26,27). The molecule has 0 unspecified atom stereocenters. The molecule has 3 aromatic rings. The van der Waals surface area contributed by atoms with Gasteiger partial charge in [-0.15, -0.1) is 0 Å². The smallest absolute Gasteiger partial charge is 0.275 e. The zero-order chi connectivity index (χ0) is 19.4. The Balaban J connectivity index is 1.73. The van der Waals surface area contributed by atoms with E-state index in [2.05, 4.69) is 40.5 Å². The minimum atomic E-state index is -0.274. The molecule has 138 valence electrons. The molecule has 27 heavy (non-hydrogen) atoms. The average Bonchev–Trinajstić information content (AvgIpc) is 2.65. The van der Waals surface area contributed by atoms with E-state index in [0.717, 1.165) is 22.5 Å². The molecule has 2 aromatic carbocycles. The summed E-state index contributed by atoms with van der Waals surface area (Å²) in [6, 6.07) is 14.0. The van der Waals surface area contributed by atoms with Crippen LogP contribution in [0.15, 0.2) is 54.9 Å². The summed E-state index contributed by atoms with van der Waals surface area (Å²) in [4.78, 5) is 21.0. The van der Waals surface area contributed by atoms with Crippen LogP contribution in [0.25, 0.3) is 0 Å². The second-order valence-electron chi connectivity index (χ2n) is 6.93. The summed E-state index contributed by atoms with van der Waals surface area (Å²) in [7, 11) is 0. The highest BCUT2D eigenvalue weighted by Gasteiger charge is 2.11. The Labute approximate surface area is 159 Å². The first-order valence-electron chi connectivity index (χ1n) is 9.00. The van der Waals surface area contributed by atoms with Gasteiger partial charge < -0.3 is 10.6 Å². The van der Waals surface area contributed by atoms with Crippen LogP contribution in [0.2, 0.25) is 0 Å². The summed E-state index contributed by atoms with van der Waals surface area (Å²) in [6.45, 7) is 8.28. The molecule has 0 aliphatic carbocycles. The predicted molar refractivity (Wildman–Crippen MR) is 110 cm³/mol. The summed E-state index contributed by atoms with van der Waals surface area (Å²) in [5.74, 6) is 0.721. The molecular formula is C22H24N4O. The molecule has 5 heteroatoms. The van der Waals surface area contributed by atoms with Gasteiger partial charge in [-0.2, -0.15) is 0 Å². The number of benzene rings is 2. The summed E-state index contributed by atoms with van der Waals surface area (Å²) in [5, 5.41) is 6.16. The van der Waals surface area contributed by atoms with Crippen molar-refractivity contribution in [3.05, 3.63) is 77.2 Å². The minimum absolute atomic E-state index is 0.274. The number of nitrogens with zero attached hydrogens (tertiary/aromatic N) is 2. The molecular weight excluding hydrogens is 336 g/mol. The number of amides is 1. The third-order valence-corrected chi connectivity index (χ3v) is 4.36. The summed E-state index contributed by atoms with van der Waals surface area (Å²) in [5.41, 5.74) is 5.42. The van der Waals surface area contributed by atoms with Gasteiger partial charge in [0.25, 0.3) is 5.91 Å².